The molecule has 3 amide bonds. The number of fused-ring (bicyclic) bond motifs is 3. The summed E-state index contributed by atoms with van der Waals surface area (Å²) in [4.78, 5) is 70.6. The minimum Gasteiger partial charge on any atom is -0.497 e. The highest BCUT2D eigenvalue weighted by molar-refractivity contribution is 6.91. The Bertz CT molecular complexity index is 2370. The molecule has 1 unspecified atom stereocenters. The number of anilines is 2. The van der Waals surface area contributed by atoms with Crippen LogP contribution in [0.25, 0.3) is 0 Å². The molecule has 4 aromatic rings. The second kappa shape index (κ2) is 15.6. The molecule has 2 saturated heterocycles. The van der Waals surface area contributed by atoms with Gasteiger partial charge in [-0.05, 0) is 59.0 Å². The van der Waals surface area contributed by atoms with E-state index in [0.29, 0.717) is 41.2 Å². The molecule has 0 bridgehead atoms. The lowest BCUT2D eigenvalue weighted by molar-refractivity contribution is -0.385. The molecule has 312 valence electrons. The highest BCUT2D eigenvalue weighted by Crippen LogP contribution is 2.60. The van der Waals surface area contributed by atoms with Gasteiger partial charge in [-0.25, -0.2) is 0 Å². The number of ether oxygens (including phenoxy) is 3. The second-order valence-corrected chi connectivity index (χ2v) is 21.4. The van der Waals surface area contributed by atoms with Crippen LogP contribution in [0.4, 0.5) is 17.1 Å². The predicted octanol–water partition coefficient (Wildman–Crippen LogP) is 5.33. The summed E-state index contributed by atoms with van der Waals surface area (Å²) in [7, 11) is -1.09. The van der Waals surface area contributed by atoms with Gasteiger partial charge in [-0.15, -0.1) is 0 Å². The van der Waals surface area contributed by atoms with Gasteiger partial charge in [0.1, 0.15) is 5.75 Å². The lowest BCUT2D eigenvalue weighted by Crippen LogP contribution is -2.54. The number of carbonyl (C=O) groups excluding carboxylic acids is 4. The second-order valence-electron chi connectivity index (χ2n) is 16.7. The number of aliphatic hydroxyl groups excluding tert-OH is 1. The van der Waals surface area contributed by atoms with Crippen LogP contribution in [-0.2, 0) is 53.8 Å². The first-order valence-corrected chi connectivity index (χ1v) is 23.2. The van der Waals surface area contributed by atoms with Crippen molar-refractivity contribution < 1.29 is 43.4 Å². The van der Waals surface area contributed by atoms with Crippen LogP contribution in [0.15, 0.2) is 91.0 Å². The number of nitrogens with zero attached hydrogens (tertiary/aromatic N) is 4. The fourth-order valence-electron chi connectivity index (χ4n) is 10.0. The van der Waals surface area contributed by atoms with Gasteiger partial charge in [-0.3, -0.25) is 34.2 Å². The van der Waals surface area contributed by atoms with Gasteiger partial charge in [0.25, 0.3) is 11.6 Å². The summed E-state index contributed by atoms with van der Waals surface area (Å²) in [5, 5.41) is 23.8. The summed E-state index contributed by atoms with van der Waals surface area (Å²) in [6.45, 7) is 7.85. The average molecular weight is 833 g/mol. The van der Waals surface area contributed by atoms with Crippen LogP contribution >= 0.6 is 0 Å². The number of aliphatic hydroxyl groups is 1. The van der Waals surface area contributed by atoms with Gasteiger partial charge in [0.15, 0.2) is 11.8 Å². The Balaban J connectivity index is 1.17. The molecule has 4 aliphatic heterocycles. The number of hydrogen-bond donors (Lipinski definition) is 1. The van der Waals surface area contributed by atoms with E-state index in [9.17, 15) is 29.6 Å². The van der Waals surface area contributed by atoms with Crippen molar-refractivity contribution in [1.82, 2.24) is 4.90 Å². The van der Waals surface area contributed by atoms with Crippen molar-refractivity contribution in [3.05, 3.63) is 123 Å². The van der Waals surface area contributed by atoms with Crippen molar-refractivity contribution >= 4 is 54.0 Å². The number of nitro benzene ring substituents is 1. The maximum Gasteiger partial charge on any atom is 0.304 e. The number of nitro groups is 1. The summed E-state index contributed by atoms with van der Waals surface area (Å²) in [6.07, 6.45) is -0.922. The van der Waals surface area contributed by atoms with E-state index in [4.69, 9.17) is 14.2 Å². The third-order valence-corrected chi connectivity index (χ3v) is 17.4. The van der Waals surface area contributed by atoms with Gasteiger partial charge < -0.3 is 29.1 Å². The number of benzene rings is 4. The molecule has 0 aliphatic carbocycles. The van der Waals surface area contributed by atoms with E-state index in [0.717, 1.165) is 16.3 Å². The molecular formula is C45H48N4O10Si. The van der Waals surface area contributed by atoms with Gasteiger partial charge in [0.2, 0.25) is 11.8 Å². The number of methoxy groups -OCH3 is 1. The maximum atomic E-state index is 15.4. The standard InChI is InChI=1S/C45H48N4O10Si/c1-27-43(60(4,5)36-17-15-35(57-3)16-18-36)39(22-40(52)46-25-31-9-7-6-8-30(31)20-34(46)26-50)59-45(27)37-21-33(49(55)56)14-19-38(37)47(44(45)54)24-29-10-12-32(13-11-29)48-41(53)23-42(48)58-28(2)51/h6-19,21,27,34,39,42-43,50H,20,22-26H2,1-5H3/t27-,34+,39+,42?,43-,45+/m1/s1. The molecule has 0 aromatic heterocycles. The van der Waals surface area contributed by atoms with Crippen LogP contribution in [-0.4, -0.2) is 78.8 Å². The molecule has 4 aliphatic rings. The smallest absolute Gasteiger partial charge is 0.304 e. The molecule has 4 heterocycles. The third kappa shape index (κ3) is 6.83. The molecule has 0 saturated carbocycles. The summed E-state index contributed by atoms with van der Waals surface area (Å²) < 4.78 is 17.9. The number of esters is 1. The zero-order valence-electron chi connectivity index (χ0n) is 34.2. The topological polar surface area (TPSA) is 169 Å². The SMILES string of the molecule is COc1ccc([Si](C)(C)[C@H]2[C@H](CC(=O)N3Cc4ccccc4C[C@H]3CO)O[C@@]3(C(=O)N(Cc4ccc(N5C(=O)CC5OC(C)=O)cc4)c4ccc([N+](=O)[O-])cc43)[C@@H]2C)cc1. The third-order valence-electron chi connectivity index (χ3n) is 13.1. The molecule has 8 rings (SSSR count). The van der Waals surface area contributed by atoms with E-state index in [-0.39, 0.29) is 54.9 Å². The molecule has 6 atom stereocenters. The molecule has 60 heavy (non-hydrogen) atoms. The zero-order valence-corrected chi connectivity index (χ0v) is 35.2. The van der Waals surface area contributed by atoms with Crippen molar-refractivity contribution in [3.8, 4) is 5.75 Å². The summed E-state index contributed by atoms with van der Waals surface area (Å²) in [5.74, 6) is -1.12. The van der Waals surface area contributed by atoms with E-state index >= 15 is 4.79 Å². The van der Waals surface area contributed by atoms with E-state index in [2.05, 4.69) is 13.1 Å². The Morgan fingerprint density at radius 2 is 1.68 bits per heavy atom. The van der Waals surface area contributed by atoms with Gasteiger partial charge in [0, 0.05) is 42.8 Å². The quantitative estimate of drug-likeness (QED) is 0.0686. The van der Waals surface area contributed by atoms with Crippen LogP contribution < -0.4 is 19.7 Å². The Morgan fingerprint density at radius 1 is 0.983 bits per heavy atom. The van der Waals surface area contributed by atoms with Crippen LogP contribution in [0, 0.1) is 16.0 Å². The Labute approximate surface area is 348 Å². The van der Waals surface area contributed by atoms with Crippen LogP contribution in [0.3, 0.4) is 0 Å². The molecule has 2 fully saturated rings. The first-order chi connectivity index (χ1) is 28.7. The normalized spacial score (nSPS) is 24.6. The van der Waals surface area contributed by atoms with Crippen molar-refractivity contribution in [3.63, 3.8) is 0 Å². The van der Waals surface area contributed by atoms with Crippen molar-refractivity contribution in [2.24, 2.45) is 5.92 Å². The molecule has 15 heteroatoms. The average Bonchev–Trinajstić information content (AvgIpc) is 3.65. The predicted molar refractivity (Wildman–Crippen MR) is 224 cm³/mol. The summed E-state index contributed by atoms with van der Waals surface area (Å²) >= 11 is 0. The number of amides is 3. The Morgan fingerprint density at radius 3 is 2.32 bits per heavy atom. The van der Waals surface area contributed by atoms with Gasteiger partial charge in [0.05, 0.1) is 63.9 Å². The highest BCUT2D eigenvalue weighted by atomic mass is 28.3. The lowest BCUT2D eigenvalue weighted by Gasteiger charge is -2.39. The minimum absolute atomic E-state index is 0.0649. The fourth-order valence-corrected chi connectivity index (χ4v) is 14.0. The summed E-state index contributed by atoms with van der Waals surface area (Å²) in [5.41, 5.74) is 2.01. The first kappa shape index (κ1) is 40.9. The molecule has 14 nitrogen and oxygen atoms in total. The molecular weight excluding hydrogens is 785 g/mol. The molecule has 1 N–H and O–H groups in total. The van der Waals surface area contributed by atoms with Crippen molar-refractivity contribution in [1.29, 1.82) is 0 Å². The van der Waals surface area contributed by atoms with E-state index in [1.807, 2.05) is 55.5 Å². The monoisotopic (exact) mass is 832 g/mol. The number of β-lactam (4-membered cyclic amide) rings is 1. The number of non-ortho nitro benzene ring substituents is 1. The summed E-state index contributed by atoms with van der Waals surface area (Å²) in [6, 6.07) is 26.7. The van der Waals surface area contributed by atoms with Crippen LogP contribution in [0.1, 0.15) is 48.9 Å². The fraction of sp³-hybridized carbons (Fsp3) is 0.378. The largest absolute Gasteiger partial charge is 0.497 e. The van der Waals surface area contributed by atoms with Gasteiger partial charge >= 0.3 is 5.97 Å². The zero-order chi connectivity index (χ0) is 42.7. The van der Waals surface area contributed by atoms with Crippen molar-refractivity contribution in [2.45, 2.75) is 88.8 Å². The number of carbonyl (C=O) groups is 4. The van der Waals surface area contributed by atoms with Crippen LogP contribution in [0.5, 0.6) is 5.75 Å². The van der Waals surface area contributed by atoms with Crippen molar-refractivity contribution in [2.75, 3.05) is 23.5 Å². The first-order valence-electron chi connectivity index (χ1n) is 20.2. The highest BCUT2D eigenvalue weighted by Gasteiger charge is 2.67. The number of hydrogen-bond acceptors (Lipinski definition) is 10. The minimum atomic E-state index is -2.69. The number of rotatable bonds is 11. The van der Waals surface area contributed by atoms with Gasteiger partial charge in [-0.1, -0.05) is 73.7 Å². The van der Waals surface area contributed by atoms with Gasteiger partial charge in [-0.2, -0.15) is 0 Å². The Kier molecular flexibility index (Phi) is 10.6. The molecule has 1 spiro atoms. The Hall–Kier alpha value is -5.90. The molecule has 0 radical (unpaired) electrons. The van der Waals surface area contributed by atoms with E-state index in [1.165, 1.54) is 24.0 Å². The van der Waals surface area contributed by atoms with E-state index in [1.54, 1.807) is 47.2 Å². The van der Waals surface area contributed by atoms with Crippen LogP contribution in [0.2, 0.25) is 18.6 Å². The van der Waals surface area contributed by atoms with E-state index < -0.39 is 48.9 Å². The lowest BCUT2D eigenvalue weighted by atomic mass is 9.82. The molecule has 4 aromatic carbocycles. The maximum absolute atomic E-state index is 15.4.